The van der Waals surface area contributed by atoms with E-state index in [0.717, 1.165) is 0 Å². The Morgan fingerprint density at radius 2 is 2.15 bits per heavy atom. The van der Waals surface area contributed by atoms with Gasteiger partial charge in [0.05, 0.1) is 10.3 Å². The van der Waals surface area contributed by atoms with Crippen molar-refractivity contribution in [3.05, 3.63) is 50.9 Å². The molecule has 0 radical (unpaired) electrons. The van der Waals surface area contributed by atoms with Crippen LogP contribution in [0.15, 0.2) is 40.4 Å². The number of hydrogen-bond donors (Lipinski definition) is 2. The molecule has 0 aliphatic rings. The van der Waals surface area contributed by atoms with E-state index in [1.54, 1.807) is 18.2 Å². The first-order valence-electron chi connectivity index (χ1n) is 7.78. The van der Waals surface area contributed by atoms with Gasteiger partial charge < -0.3 is 4.98 Å². The molecule has 1 unspecified atom stereocenters. The lowest BCUT2D eigenvalue weighted by atomic mass is 10.2. The van der Waals surface area contributed by atoms with Crippen LogP contribution in [0.2, 0.25) is 10.0 Å². The van der Waals surface area contributed by atoms with E-state index >= 15 is 0 Å². The van der Waals surface area contributed by atoms with Crippen molar-refractivity contribution in [2.45, 2.75) is 23.8 Å². The zero-order valence-electron chi connectivity index (χ0n) is 13.9. The largest absolute Gasteiger partial charge is 0.301 e. The van der Waals surface area contributed by atoms with Crippen LogP contribution in [0.4, 0.5) is 5.13 Å². The molecule has 2 aromatic heterocycles. The highest BCUT2D eigenvalue weighted by Crippen LogP contribution is 2.34. The molecule has 140 valence electrons. The minimum absolute atomic E-state index is 0.251. The molecule has 2 heterocycles. The van der Waals surface area contributed by atoms with E-state index in [-0.39, 0.29) is 11.5 Å². The molecule has 3 rings (SSSR count). The summed E-state index contributed by atoms with van der Waals surface area (Å²) in [5.41, 5.74) is 0.419. The molecular weight excluding hydrogens is 429 g/mol. The predicted molar refractivity (Wildman–Crippen MR) is 109 cm³/mol. The monoisotopic (exact) mass is 441 g/mol. The molecule has 0 aliphatic carbocycles. The Hall–Kier alpha value is -1.94. The van der Waals surface area contributed by atoms with Crippen LogP contribution in [0.3, 0.4) is 0 Å². The van der Waals surface area contributed by atoms with Crippen LogP contribution in [-0.4, -0.2) is 31.3 Å². The minimum Gasteiger partial charge on any atom is -0.301 e. The maximum absolute atomic E-state index is 12.5. The minimum atomic E-state index is -0.443. The molecule has 0 bridgehead atoms. The first-order chi connectivity index (χ1) is 13.0. The summed E-state index contributed by atoms with van der Waals surface area (Å²) in [4.78, 5) is 30.5. The number of hydrogen-bond acceptors (Lipinski definition) is 7. The van der Waals surface area contributed by atoms with E-state index in [4.69, 9.17) is 23.2 Å². The molecule has 0 aliphatic heterocycles. The molecular formula is C16H13Cl2N5O2S2. The summed E-state index contributed by atoms with van der Waals surface area (Å²) in [6.45, 7) is 1.87. The van der Waals surface area contributed by atoms with Gasteiger partial charge in [0.15, 0.2) is 10.2 Å². The lowest BCUT2D eigenvalue weighted by molar-refractivity contribution is -0.115. The van der Waals surface area contributed by atoms with Gasteiger partial charge in [-0.2, -0.15) is 0 Å². The zero-order chi connectivity index (χ0) is 19.4. The van der Waals surface area contributed by atoms with E-state index in [0.29, 0.717) is 37.3 Å². The van der Waals surface area contributed by atoms with Crippen molar-refractivity contribution in [3.8, 4) is 10.6 Å². The number of carbonyl (C=O) groups is 1. The number of carbonyl (C=O) groups excluding carboxylic acids is 1. The summed E-state index contributed by atoms with van der Waals surface area (Å²) in [7, 11) is 0. The molecule has 0 saturated heterocycles. The highest BCUT2D eigenvalue weighted by Gasteiger charge is 2.21. The maximum Gasteiger partial charge on any atom is 0.251 e. The maximum atomic E-state index is 12.5. The Morgan fingerprint density at radius 1 is 1.33 bits per heavy atom. The highest BCUT2D eigenvalue weighted by atomic mass is 35.5. The average molecular weight is 442 g/mol. The molecule has 1 amide bonds. The lowest BCUT2D eigenvalue weighted by Crippen LogP contribution is -2.25. The third kappa shape index (κ3) is 5.07. The number of nitrogens with zero attached hydrogens (tertiary/aromatic N) is 3. The summed E-state index contributed by atoms with van der Waals surface area (Å²) < 4.78 is 0. The number of aromatic amines is 1. The van der Waals surface area contributed by atoms with E-state index in [1.807, 2.05) is 6.92 Å². The fraction of sp³-hybridized carbons (Fsp3) is 0.188. The van der Waals surface area contributed by atoms with E-state index in [9.17, 15) is 9.59 Å². The van der Waals surface area contributed by atoms with Gasteiger partial charge in [0.2, 0.25) is 11.0 Å². The standard InChI is InChI=1S/C16H13Cl2N5O2S2/c1-2-11(26-15-19-6-5-12(24)20-15)13(25)21-16-23-22-14(27-16)9-4-3-8(17)7-10(9)18/h3-7,11H,2H2,1H3,(H,19,20,24)(H,21,23,25). The fourth-order valence-electron chi connectivity index (χ4n) is 2.10. The van der Waals surface area contributed by atoms with Crippen molar-refractivity contribution < 1.29 is 4.79 Å². The van der Waals surface area contributed by atoms with Crippen LogP contribution >= 0.6 is 46.3 Å². The molecule has 11 heteroatoms. The molecule has 0 saturated carbocycles. The van der Waals surface area contributed by atoms with Gasteiger partial charge in [-0.3, -0.25) is 14.9 Å². The number of anilines is 1. The molecule has 3 aromatic rings. The van der Waals surface area contributed by atoms with Crippen LogP contribution < -0.4 is 10.9 Å². The van der Waals surface area contributed by atoms with Gasteiger partial charge in [0.25, 0.3) is 5.56 Å². The van der Waals surface area contributed by atoms with Crippen LogP contribution in [0.5, 0.6) is 0 Å². The Labute approximate surface area is 172 Å². The van der Waals surface area contributed by atoms with Gasteiger partial charge in [-0.15, -0.1) is 10.2 Å². The number of amides is 1. The Kier molecular flexibility index (Phi) is 6.48. The van der Waals surface area contributed by atoms with Crippen molar-refractivity contribution in [3.63, 3.8) is 0 Å². The topological polar surface area (TPSA) is 101 Å². The molecule has 1 aromatic carbocycles. The van der Waals surface area contributed by atoms with Gasteiger partial charge >= 0.3 is 0 Å². The first kappa shape index (κ1) is 19.8. The molecule has 27 heavy (non-hydrogen) atoms. The Bertz CT molecular complexity index is 1020. The Balaban J connectivity index is 1.71. The second-order valence-electron chi connectivity index (χ2n) is 5.28. The normalized spacial score (nSPS) is 12.0. The number of thioether (sulfide) groups is 1. The summed E-state index contributed by atoms with van der Waals surface area (Å²) >= 11 is 14.5. The predicted octanol–water partition coefficient (Wildman–Crippen LogP) is 4.10. The number of nitrogens with one attached hydrogen (secondary N) is 2. The number of halogens is 2. The van der Waals surface area contributed by atoms with Gasteiger partial charge in [-0.25, -0.2) is 4.98 Å². The number of benzene rings is 1. The van der Waals surface area contributed by atoms with Crippen molar-refractivity contribution in [2.75, 3.05) is 5.32 Å². The van der Waals surface area contributed by atoms with Gasteiger partial charge in [0, 0.05) is 22.8 Å². The SMILES string of the molecule is CCC(Sc1nccc(=O)[nH]1)C(=O)Nc1nnc(-c2ccc(Cl)cc2Cl)s1. The quantitative estimate of drug-likeness (QED) is 0.440. The molecule has 1 atom stereocenters. The van der Waals surface area contributed by atoms with Gasteiger partial charge in [-0.05, 0) is 24.6 Å². The lowest BCUT2D eigenvalue weighted by Gasteiger charge is -2.12. The second-order valence-corrected chi connectivity index (χ2v) is 8.29. The molecule has 0 fully saturated rings. The van der Waals surface area contributed by atoms with E-state index in [1.165, 1.54) is 35.4 Å². The van der Waals surface area contributed by atoms with E-state index < -0.39 is 5.25 Å². The summed E-state index contributed by atoms with van der Waals surface area (Å²) in [6.07, 6.45) is 1.95. The van der Waals surface area contributed by atoms with Crippen LogP contribution in [0, 0.1) is 0 Å². The van der Waals surface area contributed by atoms with Gasteiger partial charge in [-0.1, -0.05) is 53.2 Å². The molecule has 2 N–H and O–H groups in total. The van der Waals surface area contributed by atoms with Crippen LogP contribution in [0.1, 0.15) is 13.3 Å². The zero-order valence-corrected chi connectivity index (χ0v) is 17.0. The van der Waals surface area contributed by atoms with Crippen LogP contribution in [0.25, 0.3) is 10.6 Å². The van der Waals surface area contributed by atoms with E-state index in [2.05, 4.69) is 25.5 Å². The third-order valence-corrected chi connectivity index (χ3v) is 6.06. The number of aromatic nitrogens is 4. The smallest absolute Gasteiger partial charge is 0.251 e. The molecule has 0 spiro atoms. The average Bonchev–Trinajstić information content (AvgIpc) is 3.07. The number of rotatable bonds is 6. The van der Waals surface area contributed by atoms with Crippen molar-refractivity contribution in [1.29, 1.82) is 0 Å². The summed E-state index contributed by atoms with van der Waals surface area (Å²) in [6, 6.07) is 6.39. The first-order valence-corrected chi connectivity index (χ1v) is 10.2. The van der Waals surface area contributed by atoms with Crippen molar-refractivity contribution >= 4 is 57.3 Å². The highest BCUT2D eigenvalue weighted by molar-refractivity contribution is 8.00. The summed E-state index contributed by atoms with van der Waals surface area (Å²) in [5.74, 6) is -0.251. The number of H-pyrrole nitrogens is 1. The summed E-state index contributed by atoms with van der Waals surface area (Å²) in [5, 5.41) is 12.7. The van der Waals surface area contributed by atoms with Crippen molar-refractivity contribution in [2.24, 2.45) is 0 Å². The van der Waals surface area contributed by atoms with Crippen molar-refractivity contribution in [1.82, 2.24) is 20.2 Å². The third-order valence-electron chi connectivity index (χ3n) is 3.38. The fourth-order valence-corrected chi connectivity index (χ4v) is 4.32. The van der Waals surface area contributed by atoms with Gasteiger partial charge in [0.1, 0.15) is 0 Å². The second kappa shape index (κ2) is 8.83. The van der Waals surface area contributed by atoms with Crippen LogP contribution in [-0.2, 0) is 4.79 Å². The Morgan fingerprint density at radius 3 is 2.85 bits per heavy atom. The molecule has 7 nitrogen and oxygen atoms in total.